The van der Waals surface area contributed by atoms with Gasteiger partial charge in [0, 0.05) is 6.42 Å². The number of unbranched alkanes of at least 4 members (excludes halogenated alkanes) is 1. The second-order valence-electron chi connectivity index (χ2n) is 6.74. The van der Waals surface area contributed by atoms with E-state index >= 15 is 0 Å². The van der Waals surface area contributed by atoms with Crippen molar-refractivity contribution in [2.24, 2.45) is 0 Å². The zero-order valence-corrected chi connectivity index (χ0v) is 14.2. The van der Waals surface area contributed by atoms with Gasteiger partial charge in [0.2, 0.25) is 0 Å². The molecule has 1 unspecified atom stereocenters. The van der Waals surface area contributed by atoms with Crippen molar-refractivity contribution >= 4 is 5.97 Å². The molecule has 1 atom stereocenters. The van der Waals surface area contributed by atoms with E-state index in [1.54, 1.807) is 0 Å². The Balaban J connectivity index is 2.78. The second-order valence-corrected chi connectivity index (χ2v) is 6.74. The van der Waals surface area contributed by atoms with Crippen LogP contribution in [0.4, 0.5) is 0 Å². The monoisotopic (exact) mass is 290 g/mol. The lowest BCUT2D eigenvalue weighted by Crippen LogP contribution is -2.13. The van der Waals surface area contributed by atoms with Crippen LogP contribution >= 0.6 is 0 Å². The van der Waals surface area contributed by atoms with E-state index in [2.05, 4.69) is 58.9 Å². The average molecular weight is 290 g/mol. The molecule has 0 bridgehead atoms. The number of esters is 1. The molecule has 0 spiro atoms. The summed E-state index contributed by atoms with van der Waals surface area (Å²) in [5.41, 5.74) is 2.56. The summed E-state index contributed by atoms with van der Waals surface area (Å²) in [6, 6.07) is 8.51. The van der Waals surface area contributed by atoms with Gasteiger partial charge in [0.15, 0.2) is 0 Å². The summed E-state index contributed by atoms with van der Waals surface area (Å²) >= 11 is 0. The largest absolute Gasteiger partial charge is 0.457 e. The summed E-state index contributed by atoms with van der Waals surface area (Å²) in [5, 5.41) is 0. The number of rotatable bonds is 7. The molecule has 2 heteroatoms. The lowest BCUT2D eigenvalue weighted by Gasteiger charge is -2.22. The van der Waals surface area contributed by atoms with E-state index in [9.17, 15) is 4.79 Å². The molecule has 1 aromatic rings. The Morgan fingerprint density at radius 3 is 2.19 bits per heavy atom. The third-order valence-corrected chi connectivity index (χ3v) is 3.71. The first-order valence-electron chi connectivity index (χ1n) is 8.18. The summed E-state index contributed by atoms with van der Waals surface area (Å²) in [4.78, 5) is 11.9. The Morgan fingerprint density at radius 2 is 1.71 bits per heavy atom. The van der Waals surface area contributed by atoms with Gasteiger partial charge in [-0.3, -0.25) is 4.79 Å². The molecular weight excluding hydrogens is 260 g/mol. The third-order valence-electron chi connectivity index (χ3n) is 3.71. The highest BCUT2D eigenvalue weighted by Crippen LogP contribution is 2.27. The summed E-state index contributed by atoms with van der Waals surface area (Å²) in [7, 11) is 0. The predicted octanol–water partition coefficient (Wildman–Crippen LogP) is 5.56. The third kappa shape index (κ3) is 5.91. The van der Waals surface area contributed by atoms with Gasteiger partial charge in [-0.25, -0.2) is 0 Å². The van der Waals surface area contributed by atoms with Crippen LogP contribution in [-0.2, 0) is 14.9 Å². The molecule has 1 aromatic carbocycles. The molecule has 0 aliphatic carbocycles. The second kappa shape index (κ2) is 8.21. The van der Waals surface area contributed by atoms with Gasteiger partial charge in [0.25, 0.3) is 0 Å². The molecule has 0 saturated heterocycles. The van der Waals surface area contributed by atoms with Gasteiger partial charge < -0.3 is 4.74 Å². The van der Waals surface area contributed by atoms with Crippen LogP contribution in [0, 0.1) is 0 Å². The minimum absolute atomic E-state index is 0.0739. The van der Waals surface area contributed by atoms with Gasteiger partial charge in [-0.05, 0) is 29.4 Å². The Hall–Kier alpha value is -1.31. The SMILES string of the molecule is CCCCC(=O)OC(CCC)c1ccc(C(C)(C)C)cc1. The van der Waals surface area contributed by atoms with E-state index in [4.69, 9.17) is 4.74 Å². The summed E-state index contributed by atoms with van der Waals surface area (Å²) in [5.74, 6) is -0.0739. The molecule has 1 rings (SSSR count). The number of ether oxygens (including phenoxy) is 1. The van der Waals surface area contributed by atoms with Crippen molar-refractivity contribution in [3.05, 3.63) is 35.4 Å². The summed E-state index contributed by atoms with van der Waals surface area (Å²) < 4.78 is 5.67. The van der Waals surface area contributed by atoms with Crippen LogP contribution in [0.25, 0.3) is 0 Å². The zero-order valence-electron chi connectivity index (χ0n) is 14.2. The van der Waals surface area contributed by atoms with E-state index in [1.165, 1.54) is 5.56 Å². The summed E-state index contributed by atoms with van der Waals surface area (Å²) in [6.07, 6.45) is 4.23. The van der Waals surface area contributed by atoms with Crippen LogP contribution in [0.15, 0.2) is 24.3 Å². The minimum atomic E-state index is -0.103. The van der Waals surface area contributed by atoms with Crippen LogP contribution in [0.5, 0.6) is 0 Å². The van der Waals surface area contributed by atoms with Gasteiger partial charge >= 0.3 is 5.97 Å². The molecule has 0 saturated carbocycles. The number of benzene rings is 1. The van der Waals surface area contributed by atoms with E-state index in [-0.39, 0.29) is 17.5 Å². The van der Waals surface area contributed by atoms with Crippen molar-refractivity contribution in [1.29, 1.82) is 0 Å². The number of carbonyl (C=O) groups excluding carboxylic acids is 1. The molecule has 0 aliphatic rings. The Bertz CT molecular complexity index is 426. The standard InChI is InChI=1S/C19H30O2/c1-6-8-10-18(20)21-17(9-7-2)15-11-13-16(14-12-15)19(3,4)5/h11-14,17H,6-10H2,1-5H3. The van der Waals surface area contributed by atoms with Crippen LogP contribution < -0.4 is 0 Å². The quantitative estimate of drug-likeness (QED) is 0.615. The van der Waals surface area contributed by atoms with Crippen molar-refractivity contribution in [1.82, 2.24) is 0 Å². The Labute approximate surface area is 129 Å². The van der Waals surface area contributed by atoms with Crippen LogP contribution in [0.1, 0.15) is 84.0 Å². The maximum Gasteiger partial charge on any atom is 0.306 e. The first-order chi connectivity index (χ1) is 9.88. The molecule has 0 aromatic heterocycles. The average Bonchev–Trinajstić information content (AvgIpc) is 2.44. The smallest absolute Gasteiger partial charge is 0.306 e. The fraction of sp³-hybridized carbons (Fsp3) is 0.632. The highest BCUT2D eigenvalue weighted by atomic mass is 16.5. The molecule has 0 radical (unpaired) electrons. The molecule has 2 nitrogen and oxygen atoms in total. The molecule has 118 valence electrons. The van der Waals surface area contributed by atoms with E-state index in [0.717, 1.165) is 31.2 Å². The Morgan fingerprint density at radius 1 is 1.10 bits per heavy atom. The van der Waals surface area contributed by atoms with Crippen LogP contribution in [0.2, 0.25) is 0 Å². The molecule has 0 fully saturated rings. The maximum atomic E-state index is 11.9. The lowest BCUT2D eigenvalue weighted by atomic mass is 9.86. The number of hydrogen-bond donors (Lipinski definition) is 0. The van der Waals surface area contributed by atoms with Crippen LogP contribution in [0.3, 0.4) is 0 Å². The van der Waals surface area contributed by atoms with E-state index in [0.29, 0.717) is 6.42 Å². The zero-order chi connectivity index (χ0) is 15.9. The topological polar surface area (TPSA) is 26.3 Å². The van der Waals surface area contributed by atoms with Crippen LogP contribution in [-0.4, -0.2) is 5.97 Å². The lowest BCUT2D eigenvalue weighted by molar-refractivity contribution is -0.150. The van der Waals surface area contributed by atoms with Gasteiger partial charge in [-0.1, -0.05) is 71.7 Å². The minimum Gasteiger partial charge on any atom is -0.457 e. The van der Waals surface area contributed by atoms with Crippen molar-refractivity contribution < 1.29 is 9.53 Å². The van der Waals surface area contributed by atoms with E-state index < -0.39 is 0 Å². The fourth-order valence-corrected chi connectivity index (χ4v) is 2.29. The van der Waals surface area contributed by atoms with Gasteiger partial charge in [-0.2, -0.15) is 0 Å². The summed E-state index contributed by atoms with van der Waals surface area (Å²) in [6.45, 7) is 10.8. The predicted molar refractivity (Wildman–Crippen MR) is 88.4 cm³/mol. The molecule has 0 amide bonds. The molecule has 0 N–H and O–H groups in total. The maximum absolute atomic E-state index is 11.9. The molecule has 0 heterocycles. The number of hydrogen-bond acceptors (Lipinski definition) is 2. The van der Waals surface area contributed by atoms with E-state index in [1.807, 2.05) is 0 Å². The molecule has 21 heavy (non-hydrogen) atoms. The normalized spacial score (nSPS) is 13.0. The van der Waals surface area contributed by atoms with Gasteiger partial charge in [0.05, 0.1) is 0 Å². The molecule has 0 aliphatic heterocycles. The van der Waals surface area contributed by atoms with Crippen molar-refractivity contribution in [2.75, 3.05) is 0 Å². The van der Waals surface area contributed by atoms with Crippen molar-refractivity contribution in [3.63, 3.8) is 0 Å². The van der Waals surface area contributed by atoms with Crippen molar-refractivity contribution in [3.8, 4) is 0 Å². The molecular formula is C19H30O2. The fourth-order valence-electron chi connectivity index (χ4n) is 2.29. The van der Waals surface area contributed by atoms with Gasteiger partial charge in [0.1, 0.15) is 6.10 Å². The first kappa shape index (κ1) is 17.7. The first-order valence-corrected chi connectivity index (χ1v) is 8.18. The highest BCUT2D eigenvalue weighted by Gasteiger charge is 2.18. The van der Waals surface area contributed by atoms with Crippen molar-refractivity contribution in [2.45, 2.75) is 78.2 Å². The Kier molecular flexibility index (Phi) is 6.94. The highest BCUT2D eigenvalue weighted by molar-refractivity contribution is 5.69. The number of carbonyl (C=O) groups is 1. The van der Waals surface area contributed by atoms with Gasteiger partial charge in [-0.15, -0.1) is 0 Å².